The third-order valence-corrected chi connectivity index (χ3v) is 5.37. The summed E-state index contributed by atoms with van der Waals surface area (Å²) in [5.74, 6) is 0.725. The topological polar surface area (TPSA) is 68.5 Å². The van der Waals surface area contributed by atoms with E-state index in [9.17, 15) is 4.79 Å². The lowest BCUT2D eigenvalue weighted by atomic mass is 9.96. The number of aryl methyl sites for hydroxylation is 1. The summed E-state index contributed by atoms with van der Waals surface area (Å²) in [6, 6.07) is 7.48. The predicted octanol–water partition coefficient (Wildman–Crippen LogP) is 4.22. The van der Waals surface area contributed by atoms with Crippen molar-refractivity contribution in [2.24, 2.45) is 5.73 Å². The van der Waals surface area contributed by atoms with Crippen LogP contribution in [0.2, 0.25) is 0 Å². The number of halogens is 2. The van der Waals surface area contributed by atoms with Crippen molar-refractivity contribution in [2.45, 2.75) is 51.8 Å². The number of carbonyl (C=O) groups is 1. The first-order valence-corrected chi connectivity index (χ1v) is 9.63. The van der Waals surface area contributed by atoms with Gasteiger partial charge < -0.3 is 15.4 Å². The highest BCUT2D eigenvalue weighted by atomic mass is 35.5. The van der Waals surface area contributed by atoms with Crippen LogP contribution in [-0.2, 0) is 6.61 Å². The van der Waals surface area contributed by atoms with E-state index in [0.717, 1.165) is 36.5 Å². The van der Waals surface area contributed by atoms with Gasteiger partial charge in [-0.05, 0) is 51.3 Å². The van der Waals surface area contributed by atoms with Crippen molar-refractivity contribution < 1.29 is 9.53 Å². The van der Waals surface area contributed by atoms with Gasteiger partial charge in [-0.2, -0.15) is 0 Å². The Balaban J connectivity index is 0.00000182. The second kappa shape index (κ2) is 10.9. The summed E-state index contributed by atoms with van der Waals surface area (Å²) in [6.07, 6.45) is 3.14. The molecule has 3 rings (SSSR count). The number of amides is 1. The summed E-state index contributed by atoms with van der Waals surface area (Å²) in [5, 5.41) is 3.01. The smallest absolute Gasteiger partial charge is 0.254 e. The highest BCUT2D eigenvalue weighted by molar-refractivity contribution is 7.09. The highest BCUT2D eigenvalue weighted by Crippen LogP contribution is 2.23. The molecule has 5 nitrogen and oxygen atoms in total. The fraction of sp³-hybridized carbons (Fsp3) is 0.474. The predicted molar refractivity (Wildman–Crippen MR) is 114 cm³/mol. The van der Waals surface area contributed by atoms with Gasteiger partial charge in [-0.15, -0.1) is 36.2 Å². The van der Waals surface area contributed by atoms with Crippen molar-refractivity contribution in [2.75, 3.05) is 6.54 Å². The summed E-state index contributed by atoms with van der Waals surface area (Å²) < 4.78 is 5.81. The molecule has 8 heteroatoms. The summed E-state index contributed by atoms with van der Waals surface area (Å²) in [7, 11) is 0. The Kier molecular flexibility index (Phi) is 9.53. The third kappa shape index (κ3) is 6.07. The highest BCUT2D eigenvalue weighted by Gasteiger charge is 2.29. The van der Waals surface area contributed by atoms with E-state index >= 15 is 0 Å². The van der Waals surface area contributed by atoms with Crippen LogP contribution in [0.3, 0.4) is 0 Å². The number of piperidine rings is 1. The number of thiazole rings is 1. The van der Waals surface area contributed by atoms with E-state index in [-0.39, 0.29) is 42.8 Å². The van der Waals surface area contributed by atoms with Crippen LogP contribution < -0.4 is 10.5 Å². The zero-order valence-corrected chi connectivity index (χ0v) is 18.0. The molecule has 0 aliphatic carbocycles. The zero-order valence-electron chi connectivity index (χ0n) is 15.6. The molecule has 1 aromatic heterocycles. The quantitative estimate of drug-likeness (QED) is 0.769. The molecular weight excluding hydrogens is 405 g/mol. The number of rotatable bonds is 5. The van der Waals surface area contributed by atoms with Crippen LogP contribution in [0.1, 0.15) is 47.2 Å². The molecular formula is C19H27Cl2N3O2S. The Morgan fingerprint density at radius 1 is 1.41 bits per heavy atom. The lowest BCUT2D eigenvalue weighted by Crippen LogP contribution is -2.51. The maximum atomic E-state index is 12.9. The van der Waals surface area contributed by atoms with Crippen LogP contribution in [0.4, 0.5) is 0 Å². The van der Waals surface area contributed by atoms with Gasteiger partial charge in [-0.1, -0.05) is 6.07 Å². The van der Waals surface area contributed by atoms with Crippen molar-refractivity contribution in [3.63, 3.8) is 0 Å². The molecule has 27 heavy (non-hydrogen) atoms. The first-order valence-electron chi connectivity index (χ1n) is 8.75. The number of hydrogen-bond acceptors (Lipinski definition) is 5. The van der Waals surface area contributed by atoms with Crippen LogP contribution in [0.15, 0.2) is 29.6 Å². The number of carbonyl (C=O) groups excluding carboxylic acids is 1. The SMILES string of the molecule is Cc1nc(COc2cccc(C(=O)N3CCCCC3C(C)N)c2)cs1.Cl.Cl. The Bertz CT molecular complexity index is 739. The number of benzene rings is 1. The Labute approximate surface area is 177 Å². The molecule has 2 unspecified atom stereocenters. The van der Waals surface area contributed by atoms with Crippen LogP contribution >= 0.6 is 36.2 Å². The maximum Gasteiger partial charge on any atom is 0.254 e. The average molecular weight is 432 g/mol. The standard InChI is InChI=1S/C19H25N3O2S.2ClH/c1-13(20)18-8-3-4-9-22(18)19(23)15-6-5-7-17(10-15)24-11-16-12-25-14(2)21-16;;/h5-7,10,12-13,18H,3-4,8-9,11,20H2,1-2H3;2*1H. The Hall–Kier alpha value is -1.34. The second-order valence-corrected chi connectivity index (χ2v) is 7.66. The van der Waals surface area contributed by atoms with E-state index in [4.69, 9.17) is 10.5 Å². The van der Waals surface area contributed by atoms with E-state index in [0.29, 0.717) is 17.9 Å². The van der Waals surface area contributed by atoms with E-state index < -0.39 is 0 Å². The molecule has 0 saturated carbocycles. The molecule has 2 aromatic rings. The lowest BCUT2D eigenvalue weighted by molar-refractivity contribution is 0.0583. The van der Waals surface area contributed by atoms with Gasteiger partial charge in [0.05, 0.1) is 10.7 Å². The summed E-state index contributed by atoms with van der Waals surface area (Å²) in [4.78, 5) is 19.3. The first-order chi connectivity index (χ1) is 12.0. The van der Waals surface area contributed by atoms with Crippen molar-refractivity contribution in [3.05, 3.63) is 45.9 Å². The van der Waals surface area contributed by atoms with Gasteiger partial charge in [-0.3, -0.25) is 4.79 Å². The minimum atomic E-state index is -0.0170. The normalized spacial score (nSPS) is 17.4. The molecule has 1 fully saturated rings. The molecule has 1 amide bonds. The lowest BCUT2D eigenvalue weighted by Gasteiger charge is -2.38. The fourth-order valence-electron chi connectivity index (χ4n) is 3.27. The minimum absolute atomic E-state index is 0. The van der Waals surface area contributed by atoms with Gasteiger partial charge >= 0.3 is 0 Å². The number of nitrogens with two attached hydrogens (primary N) is 1. The van der Waals surface area contributed by atoms with Crippen LogP contribution in [-0.4, -0.2) is 34.4 Å². The minimum Gasteiger partial charge on any atom is -0.487 e. The molecule has 2 heterocycles. The molecule has 0 bridgehead atoms. The largest absolute Gasteiger partial charge is 0.487 e. The summed E-state index contributed by atoms with van der Waals surface area (Å²) >= 11 is 1.61. The molecule has 1 aliphatic rings. The number of aromatic nitrogens is 1. The van der Waals surface area contributed by atoms with E-state index in [2.05, 4.69) is 4.98 Å². The van der Waals surface area contributed by atoms with Crippen LogP contribution in [0.25, 0.3) is 0 Å². The van der Waals surface area contributed by atoms with Gasteiger partial charge in [0, 0.05) is 29.6 Å². The van der Waals surface area contributed by atoms with Crippen molar-refractivity contribution in [1.82, 2.24) is 9.88 Å². The van der Waals surface area contributed by atoms with Gasteiger partial charge in [0.2, 0.25) is 0 Å². The summed E-state index contributed by atoms with van der Waals surface area (Å²) in [5.41, 5.74) is 7.65. The van der Waals surface area contributed by atoms with Crippen molar-refractivity contribution in [3.8, 4) is 5.75 Å². The van der Waals surface area contributed by atoms with Gasteiger partial charge in [0.15, 0.2) is 0 Å². The first kappa shape index (κ1) is 23.7. The molecule has 0 radical (unpaired) electrons. The van der Waals surface area contributed by atoms with Crippen molar-refractivity contribution >= 4 is 42.1 Å². The molecule has 1 saturated heterocycles. The molecule has 150 valence electrons. The van der Waals surface area contributed by atoms with Crippen LogP contribution in [0.5, 0.6) is 5.75 Å². The molecule has 1 aliphatic heterocycles. The van der Waals surface area contributed by atoms with E-state index in [1.807, 2.05) is 48.4 Å². The number of nitrogens with zero attached hydrogens (tertiary/aromatic N) is 2. The molecule has 0 spiro atoms. The Morgan fingerprint density at radius 3 is 2.85 bits per heavy atom. The second-order valence-electron chi connectivity index (χ2n) is 6.60. The number of likely N-dealkylation sites (tertiary alicyclic amines) is 1. The fourth-order valence-corrected chi connectivity index (χ4v) is 3.87. The van der Waals surface area contributed by atoms with Crippen molar-refractivity contribution in [1.29, 1.82) is 0 Å². The molecule has 2 N–H and O–H groups in total. The van der Waals surface area contributed by atoms with Gasteiger partial charge in [-0.25, -0.2) is 4.98 Å². The summed E-state index contributed by atoms with van der Waals surface area (Å²) in [6.45, 7) is 5.13. The third-order valence-electron chi connectivity index (χ3n) is 4.55. The van der Waals surface area contributed by atoms with Gasteiger partial charge in [0.25, 0.3) is 5.91 Å². The number of ether oxygens (including phenoxy) is 1. The molecule has 1 aromatic carbocycles. The Morgan fingerprint density at radius 2 is 2.19 bits per heavy atom. The monoisotopic (exact) mass is 431 g/mol. The van der Waals surface area contributed by atoms with E-state index in [1.54, 1.807) is 11.3 Å². The molecule has 2 atom stereocenters. The average Bonchev–Trinajstić information content (AvgIpc) is 3.05. The van der Waals surface area contributed by atoms with E-state index in [1.165, 1.54) is 0 Å². The van der Waals surface area contributed by atoms with Gasteiger partial charge in [0.1, 0.15) is 12.4 Å². The zero-order chi connectivity index (χ0) is 17.8. The van der Waals surface area contributed by atoms with Crippen LogP contribution in [0, 0.1) is 6.92 Å². The maximum absolute atomic E-state index is 12.9. The number of hydrogen-bond donors (Lipinski definition) is 1.